The molecular weight excluding hydrogens is 196 g/mol. The molecule has 0 heterocycles. The van der Waals surface area contributed by atoms with E-state index in [-0.39, 0.29) is 0 Å². The van der Waals surface area contributed by atoms with Crippen molar-refractivity contribution in [1.82, 2.24) is 0 Å². The number of hydrogen-bond donors (Lipinski definition) is 0. The molecule has 16 heavy (non-hydrogen) atoms. The van der Waals surface area contributed by atoms with E-state index in [9.17, 15) is 0 Å². The van der Waals surface area contributed by atoms with Crippen molar-refractivity contribution in [2.75, 3.05) is 0 Å². The molecule has 2 heteroatoms. The third kappa shape index (κ3) is 2.93. The van der Waals surface area contributed by atoms with E-state index in [4.69, 9.17) is 5.26 Å². The number of nitriles is 1. The zero-order chi connectivity index (χ0) is 12.1. The Labute approximate surface area is 97.6 Å². The van der Waals surface area contributed by atoms with Crippen LogP contribution in [-0.4, -0.2) is 5.71 Å². The second-order valence-corrected chi connectivity index (χ2v) is 4.16. The minimum Gasteiger partial charge on any atom is -0.258 e. The first kappa shape index (κ1) is 12.4. The molecule has 0 bridgehead atoms. The molecule has 0 saturated heterocycles. The van der Waals surface area contributed by atoms with Gasteiger partial charge in [-0.15, -0.1) is 0 Å². The van der Waals surface area contributed by atoms with Crippen LogP contribution in [-0.2, 0) is 0 Å². The second kappa shape index (κ2) is 5.46. The molecular formula is C14H18N2. The lowest BCUT2D eigenvalue weighted by molar-refractivity contribution is 0.987. The fourth-order valence-corrected chi connectivity index (χ4v) is 1.67. The van der Waals surface area contributed by atoms with Gasteiger partial charge in [-0.3, -0.25) is 4.99 Å². The van der Waals surface area contributed by atoms with E-state index in [0.717, 1.165) is 40.9 Å². The summed E-state index contributed by atoms with van der Waals surface area (Å²) in [5.41, 5.74) is 4.94. The number of rotatable bonds is 3. The molecule has 0 aliphatic carbocycles. The van der Waals surface area contributed by atoms with Gasteiger partial charge < -0.3 is 0 Å². The Hall–Kier alpha value is -1.62. The smallest absolute Gasteiger partial charge is 0.0994 e. The van der Waals surface area contributed by atoms with Crippen LogP contribution in [0.15, 0.2) is 17.1 Å². The first-order valence-electron chi connectivity index (χ1n) is 5.64. The molecule has 0 aliphatic rings. The Morgan fingerprint density at radius 2 is 2.00 bits per heavy atom. The van der Waals surface area contributed by atoms with E-state index in [2.05, 4.69) is 24.9 Å². The van der Waals surface area contributed by atoms with Crippen LogP contribution in [0, 0.1) is 25.2 Å². The average molecular weight is 214 g/mol. The zero-order valence-electron chi connectivity index (χ0n) is 10.5. The van der Waals surface area contributed by atoms with Gasteiger partial charge in [0.05, 0.1) is 17.3 Å². The van der Waals surface area contributed by atoms with E-state index < -0.39 is 0 Å². The van der Waals surface area contributed by atoms with Gasteiger partial charge in [0.25, 0.3) is 0 Å². The number of benzene rings is 1. The monoisotopic (exact) mass is 214 g/mol. The van der Waals surface area contributed by atoms with Crippen LogP contribution >= 0.6 is 0 Å². The summed E-state index contributed by atoms with van der Waals surface area (Å²) in [7, 11) is 0. The first-order chi connectivity index (χ1) is 7.58. The lowest BCUT2D eigenvalue weighted by Gasteiger charge is -2.05. The number of hydrogen-bond acceptors (Lipinski definition) is 2. The van der Waals surface area contributed by atoms with Crippen LogP contribution in [0.25, 0.3) is 0 Å². The Kier molecular flexibility index (Phi) is 4.25. The maximum atomic E-state index is 8.91. The molecule has 0 spiro atoms. The third-order valence-electron chi connectivity index (χ3n) is 2.59. The van der Waals surface area contributed by atoms with Crippen molar-refractivity contribution in [2.24, 2.45) is 4.99 Å². The largest absolute Gasteiger partial charge is 0.258 e. The van der Waals surface area contributed by atoms with Gasteiger partial charge in [0.2, 0.25) is 0 Å². The molecule has 2 nitrogen and oxygen atoms in total. The van der Waals surface area contributed by atoms with Crippen molar-refractivity contribution >= 4 is 11.4 Å². The van der Waals surface area contributed by atoms with Crippen molar-refractivity contribution in [3.05, 3.63) is 28.8 Å². The zero-order valence-corrected chi connectivity index (χ0v) is 10.5. The molecule has 1 aromatic rings. The standard InChI is InChI=1S/C14H18N2/c1-5-6-12(4)16-14-8-10(2)13(9-15)7-11(14)3/h7-8H,5-6H2,1-4H3. The highest BCUT2D eigenvalue weighted by atomic mass is 14.7. The van der Waals surface area contributed by atoms with Crippen LogP contribution < -0.4 is 0 Å². The van der Waals surface area contributed by atoms with Crippen LogP contribution in [0.3, 0.4) is 0 Å². The summed E-state index contributed by atoms with van der Waals surface area (Å²) in [4.78, 5) is 4.59. The molecule has 0 atom stereocenters. The molecule has 0 aliphatic heterocycles. The van der Waals surface area contributed by atoms with Crippen LogP contribution in [0.2, 0.25) is 0 Å². The SMILES string of the molecule is CCCC(C)=Nc1cc(C)c(C#N)cc1C. The quantitative estimate of drug-likeness (QED) is 0.699. The van der Waals surface area contributed by atoms with Gasteiger partial charge in [0.15, 0.2) is 0 Å². The summed E-state index contributed by atoms with van der Waals surface area (Å²) in [5.74, 6) is 0. The minimum atomic E-state index is 0.740. The van der Waals surface area contributed by atoms with Crippen molar-refractivity contribution in [2.45, 2.75) is 40.5 Å². The molecule has 0 N–H and O–H groups in total. The lowest BCUT2D eigenvalue weighted by atomic mass is 10.0. The van der Waals surface area contributed by atoms with Gasteiger partial charge in [0.1, 0.15) is 0 Å². The maximum absolute atomic E-state index is 8.91. The highest BCUT2D eigenvalue weighted by Crippen LogP contribution is 2.23. The molecule has 0 aromatic heterocycles. The van der Waals surface area contributed by atoms with E-state index in [1.807, 2.05) is 26.0 Å². The van der Waals surface area contributed by atoms with Gasteiger partial charge in [0, 0.05) is 5.71 Å². The van der Waals surface area contributed by atoms with Gasteiger partial charge in [-0.1, -0.05) is 13.3 Å². The summed E-state index contributed by atoms with van der Waals surface area (Å²) < 4.78 is 0. The Morgan fingerprint density at radius 3 is 2.56 bits per heavy atom. The molecule has 84 valence electrons. The topological polar surface area (TPSA) is 36.1 Å². The van der Waals surface area contributed by atoms with Crippen LogP contribution in [0.1, 0.15) is 43.4 Å². The number of aryl methyl sites for hydroxylation is 2. The second-order valence-electron chi connectivity index (χ2n) is 4.16. The summed E-state index contributed by atoms with van der Waals surface area (Å²) in [6.45, 7) is 8.15. The Balaban J connectivity index is 3.13. The maximum Gasteiger partial charge on any atom is 0.0994 e. The van der Waals surface area contributed by atoms with Crippen molar-refractivity contribution < 1.29 is 0 Å². The Bertz CT molecular complexity index is 451. The number of aliphatic imine (C=N–C) groups is 1. The van der Waals surface area contributed by atoms with E-state index in [0.29, 0.717) is 0 Å². The summed E-state index contributed by atoms with van der Waals surface area (Å²) in [6, 6.07) is 6.10. The summed E-state index contributed by atoms with van der Waals surface area (Å²) in [5, 5.41) is 8.91. The van der Waals surface area contributed by atoms with E-state index >= 15 is 0 Å². The molecule has 0 amide bonds. The predicted octanol–water partition coefficient (Wildman–Crippen LogP) is 4.07. The minimum absolute atomic E-state index is 0.740. The molecule has 1 aromatic carbocycles. The van der Waals surface area contributed by atoms with Crippen molar-refractivity contribution in [1.29, 1.82) is 5.26 Å². The van der Waals surface area contributed by atoms with E-state index in [1.165, 1.54) is 0 Å². The molecule has 0 radical (unpaired) electrons. The fraction of sp³-hybridized carbons (Fsp3) is 0.429. The van der Waals surface area contributed by atoms with Crippen LogP contribution in [0.4, 0.5) is 5.69 Å². The first-order valence-corrected chi connectivity index (χ1v) is 5.64. The van der Waals surface area contributed by atoms with Gasteiger partial charge in [-0.25, -0.2) is 0 Å². The number of nitrogens with zero attached hydrogens (tertiary/aromatic N) is 2. The average Bonchev–Trinajstić information content (AvgIpc) is 2.23. The molecule has 0 saturated carbocycles. The molecule has 0 fully saturated rings. The fourth-order valence-electron chi connectivity index (χ4n) is 1.67. The summed E-state index contributed by atoms with van der Waals surface area (Å²) >= 11 is 0. The van der Waals surface area contributed by atoms with Crippen LogP contribution in [0.5, 0.6) is 0 Å². The van der Waals surface area contributed by atoms with Gasteiger partial charge in [-0.05, 0) is 50.5 Å². The molecule has 1 rings (SSSR count). The van der Waals surface area contributed by atoms with Gasteiger partial charge in [-0.2, -0.15) is 5.26 Å². The Morgan fingerprint density at radius 1 is 1.31 bits per heavy atom. The van der Waals surface area contributed by atoms with E-state index in [1.54, 1.807) is 0 Å². The lowest BCUT2D eigenvalue weighted by Crippen LogP contribution is -1.91. The van der Waals surface area contributed by atoms with Gasteiger partial charge >= 0.3 is 0 Å². The van der Waals surface area contributed by atoms with Crippen molar-refractivity contribution in [3.63, 3.8) is 0 Å². The predicted molar refractivity (Wildman–Crippen MR) is 68.3 cm³/mol. The highest BCUT2D eigenvalue weighted by molar-refractivity contribution is 5.85. The van der Waals surface area contributed by atoms with Crippen molar-refractivity contribution in [3.8, 4) is 6.07 Å². The highest BCUT2D eigenvalue weighted by Gasteiger charge is 2.03. The third-order valence-corrected chi connectivity index (χ3v) is 2.59. The molecule has 0 unspecified atom stereocenters. The summed E-state index contributed by atoms with van der Waals surface area (Å²) in [6.07, 6.45) is 2.14. The normalized spacial score (nSPS) is 11.3.